The fraction of sp³-hybridized carbons (Fsp3) is 0.167. The van der Waals surface area contributed by atoms with Gasteiger partial charge in [0.05, 0.1) is 18.0 Å². The van der Waals surface area contributed by atoms with E-state index in [0.29, 0.717) is 16.4 Å². The molecular weight excluding hydrogens is 268 g/mol. The maximum absolute atomic E-state index is 11.6. The lowest BCUT2D eigenvalue weighted by Crippen LogP contribution is -2.25. The van der Waals surface area contributed by atoms with E-state index in [0.717, 1.165) is 0 Å². The molecule has 1 fully saturated rings. The predicted molar refractivity (Wildman–Crippen MR) is 68.8 cm³/mol. The van der Waals surface area contributed by atoms with Gasteiger partial charge in [-0.2, -0.15) is 4.98 Å². The number of carbonyl (C=O) groups excluding carboxylic acids is 2. The molecule has 0 unspecified atom stereocenters. The Kier molecular flexibility index (Phi) is 2.79. The summed E-state index contributed by atoms with van der Waals surface area (Å²) in [5.41, 5.74) is 0.695. The van der Waals surface area contributed by atoms with Crippen molar-refractivity contribution in [2.24, 2.45) is 0 Å². The molecule has 1 amide bonds. The zero-order chi connectivity index (χ0) is 13.4. The molecule has 1 N–H and O–H groups in total. The summed E-state index contributed by atoms with van der Waals surface area (Å²) in [6.45, 7) is 0.0264. The van der Waals surface area contributed by atoms with Gasteiger partial charge in [0, 0.05) is 5.56 Å². The number of carbonyl (C=O) groups is 2. The van der Waals surface area contributed by atoms with Crippen LogP contribution in [-0.4, -0.2) is 33.4 Å². The number of H-pyrrole nitrogens is 1. The topological polar surface area (TPSA) is 79.0 Å². The highest BCUT2D eigenvalue weighted by atomic mass is 35.5. The first-order valence-electron chi connectivity index (χ1n) is 5.64. The number of hydrogen-bond donors (Lipinski definition) is 1. The quantitative estimate of drug-likeness (QED) is 0.842. The van der Waals surface area contributed by atoms with Crippen molar-refractivity contribution < 1.29 is 9.59 Å². The molecule has 1 aromatic carbocycles. The Morgan fingerprint density at radius 3 is 2.74 bits per heavy atom. The van der Waals surface area contributed by atoms with E-state index in [9.17, 15) is 9.59 Å². The number of Topliss-reactive ketones (excluding diaryl/α,β-unsaturated/α-hetero) is 1. The number of aromatic nitrogens is 3. The molecule has 1 aliphatic heterocycles. The number of nitrogens with zero attached hydrogens (tertiary/aromatic N) is 3. The van der Waals surface area contributed by atoms with Gasteiger partial charge in [-0.25, -0.2) is 0 Å². The minimum absolute atomic E-state index is 0.0264. The molecule has 7 heteroatoms. The summed E-state index contributed by atoms with van der Waals surface area (Å²) in [6.07, 6.45) is -0.0873. The second kappa shape index (κ2) is 4.47. The average Bonchev–Trinajstić information content (AvgIpc) is 2.96. The van der Waals surface area contributed by atoms with E-state index in [1.54, 1.807) is 12.1 Å². The largest absolute Gasteiger partial charge is 0.297 e. The molecule has 0 bridgehead atoms. The Morgan fingerprint density at radius 2 is 2.05 bits per heavy atom. The van der Waals surface area contributed by atoms with Gasteiger partial charge in [0.1, 0.15) is 0 Å². The molecule has 1 aliphatic rings. The van der Waals surface area contributed by atoms with Crippen LogP contribution in [0.3, 0.4) is 0 Å². The van der Waals surface area contributed by atoms with Crippen LogP contribution in [0.25, 0.3) is 11.4 Å². The minimum atomic E-state index is -0.283. The van der Waals surface area contributed by atoms with Gasteiger partial charge in [-0.05, 0) is 12.1 Å². The van der Waals surface area contributed by atoms with Crippen LogP contribution in [0.5, 0.6) is 0 Å². The van der Waals surface area contributed by atoms with E-state index < -0.39 is 0 Å². The minimum Gasteiger partial charge on any atom is -0.297 e. The van der Waals surface area contributed by atoms with Crippen LogP contribution in [0, 0.1) is 0 Å². The summed E-state index contributed by atoms with van der Waals surface area (Å²) in [6, 6.07) is 7.17. The van der Waals surface area contributed by atoms with Gasteiger partial charge in [0.2, 0.25) is 5.91 Å². The number of benzene rings is 1. The van der Waals surface area contributed by atoms with Gasteiger partial charge in [-0.1, -0.05) is 23.7 Å². The molecular formula is C12H9ClN4O2. The molecule has 19 heavy (non-hydrogen) atoms. The monoisotopic (exact) mass is 276 g/mol. The standard InChI is InChI=1S/C12H9ClN4O2/c13-9-4-2-1-3-8(9)11-14-12(16-15-11)17-6-7(18)5-10(17)19/h1-4H,5-6H2,(H,14,15,16). The van der Waals surface area contributed by atoms with E-state index in [-0.39, 0.29) is 30.6 Å². The first-order chi connectivity index (χ1) is 9.15. The lowest BCUT2D eigenvalue weighted by atomic mass is 10.2. The third-order valence-electron chi connectivity index (χ3n) is 2.83. The van der Waals surface area contributed by atoms with Crippen molar-refractivity contribution in [2.45, 2.75) is 6.42 Å². The van der Waals surface area contributed by atoms with Gasteiger partial charge in [0.15, 0.2) is 11.6 Å². The fourth-order valence-corrected chi connectivity index (χ4v) is 2.14. The van der Waals surface area contributed by atoms with E-state index in [2.05, 4.69) is 15.2 Å². The van der Waals surface area contributed by atoms with Crippen LogP contribution in [0.2, 0.25) is 5.02 Å². The molecule has 1 saturated heterocycles. The third-order valence-corrected chi connectivity index (χ3v) is 3.16. The van der Waals surface area contributed by atoms with Gasteiger partial charge >= 0.3 is 0 Å². The van der Waals surface area contributed by atoms with Gasteiger partial charge < -0.3 is 0 Å². The molecule has 0 atom stereocenters. The molecule has 1 aromatic heterocycles. The van der Waals surface area contributed by atoms with Crippen molar-refractivity contribution in [3.05, 3.63) is 29.3 Å². The van der Waals surface area contributed by atoms with Crippen molar-refractivity contribution in [1.29, 1.82) is 0 Å². The van der Waals surface area contributed by atoms with E-state index >= 15 is 0 Å². The Balaban J connectivity index is 1.94. The highest BCUT2D eigenvalue weighted by Crippen LogP contribution is 2.26. The first kappa shape index (κ1) is 11.9. The zero-order valence-corrected chi connectivity index (χ0v) is 10.5. The number of nitrogens with one attached hydrogen (secondary N) is 1. The Morgan fingerprint density at radius 1 is 1.26 bits per heavy atom. The maximum atomic E-state index is 11.6. The molecule has 3 rings (SSSR count). The average molecular weight is 277 g/mol. The predicted octanol–water partition coefficient (Wildman–Crippen LogP) is 1.43. The number of hydrogen-bond acceptors (Lipinski definition) is 4. The smallest absolute Gasteiger partial charge is 0.252 e. The zero-order valence-electron chi connectivity index (χ0n) is 9.76. The van der Waals surface area contributed by atoms with Crippen LogP contribution < -0.4 is 4.90 Å². The molecule has 96 valence electrons. The fourth-order valence-electron chi connectivity index (χ4n) is 1.91. The lowest BCUT2D eigenvalue weighted by molar-refractivity contribution is -0.121. The van der Waals surface area contributed by atoms with Crippen LogP contribution in [-0.2, 0) is 9.59 Å². The summed E-state index contributed by atoms with van der Waals surface area (Å²) in [5.74, 6) is 0.252. The summed E-state index contributed by atoms with van der Waals surface area (Å²) >= 11 is 6.06. The van der Waals surface area contributed by atoms with Crippen molar-refractivity contribution in [1.82, 2.24) is 15.2 Å². The van der Waals surface area contributed by atoms with E-state index in [1.165, 1.54) is 4.90 Å². The number of ketones is 1. The Bertz CT molecular complexity index is 667. The maximum Gasteiger partial charge on any atom is 0.252 e. The Labute approximate surface area is 113 Å². The Hall–Kier alpha value is -2.21. The third kappa shape index (κ3) is 2.10. The van der Waals surface area contributed by atoms with E-state index in [4.69, 9.17) is 11.6 Å². The molecule has 2 aromatic rings. The summed E-state index contributed by atoms with van der Waals surface area (Å²) < 4.78 is 0. The SMILES string of the molecule is O=C1CC(=O)N(c2n[nH]c(-c3ccccc3Cl)n2)C1. The molecule has 0 saturated carbocycles. The normalized spacial score (nSPS) is 15.3. The lowest BCUT2D eigenvalue weighted by Gasteiger charge is -2.07. The van der Waals surface area contributed by atoms with Crippen molar-refractivity contribution in [2.75, 3.05) is 11.4 Å². The number of halogens is 1. The highest BCUT2D eigenvalue weighted by Gasteiger charge is 2.31. The second-order valence-electron chi connectivity index (χ2n) is 4.16. The van der Waals surface area contributed by atoms with E-state index in [1.807, 2.05) is 12.1 Å². The highest BCUT2D eigenvalue weighted by molar-refractivity contribution is 6.33. The van der Waals surface area contributed by atoms with Crippen LogP contribution in [0.15, 0.2) is 24.3 Å². The van der Waals surface area contributed by atoms with Crippen LogP contribution >= 0.6 is 11.6 Å². The number of amides is 1. The van der Waals surface area contributed by atoms with Gasteiger partial charge in [-0.3, -0.25) is 19.6 Å². The van der Waals surface area contributed by atoms with Crippen molar-refractivity contribution in [3.63, 3.8) is 0 Å². The summed E-state index contributed by atoms with van der Waals surface area (Å²) in [4.78, 5) is 28.3. The summed E-state index contributed by atoms with van der Waals surface area (Å²) in [5, 5.41) is 7.22. The van der Waals surface area contributed by atoms with Crippen molar-refractivity contribution >= 4 is 29.2 Å². The van der Waals surface area contributed by atoms with Crippen LogP contribution in [0.1, 0.15) is 6.42 Å². The number of aromatic amines is 1. The number of anilines is 1. The second-order valence-corrected chi connectivity index (χ2v) is 4.57. The van der Waals surface area contributed by atoms with Gasteiger partial charge in [0.25, 0.3) is 5.95 Å². The van der Waals surface area contributed by atoms with Crippen LogP contribution in [0.4, 0.5) is 5.95 Å². The van der Waals surface area contributed by atoms with Gasteiger partial charge in [-0.15, -0.1) is 5.10 Å². The molecule has 0 spiro atoms. The molecule has 6 nitrogen and oxygen atoms in total. The first-order valence-corrected chi connectivity index (χ1v) is 6.02. The summed E-state index contributed by atoms with van der Waals surface area (Å²) in [7, 11) is 0. The number of rotatable bonds is 2. The molecule has 0 radical (unpaired) electrons. The molecule has 0 aliphatic carbocycles. The molecule has 2 heterocycles. The van der Waals surface area contributed by atoms with Crippen molar-refractivity contribution in [3.8, 4) is 11.4 Å².